The van der Waals surface area contributed by atoms with Gasteiger partial charge in [0, 0.05) is 46.7 Å². The average Bonchev–Trinajstić information content (AvgIpc) is 1.41. The van der Waals surface area contributed by atoms with Crippen molar-refractivity contribution in [3.8, 4) is 0 Å². The number of furan rings is 1. The fourth-order valence-electron chi connectivity index (χ4n) is 28.0. The Balaban J connectivity index is 0.802. The molecule has 0 radical (unpaired) electrons. The van der Waals surface area contributed by atoms with E-state index in [1.807, 2.05) is 6.07 Å². The summed E-state index contributed by atoms with van der Waals surface area (Å²) < 4.78 is 37.2. The number of rotatable bonds is 9. The van der Waals surface area contributed by atoms with Crippen LogP contribution >= 0.6 is 0 Å². The van der Waals surface area contributed by atoms with Crippen LogP contribution < -0.4 is 5.32 Å². The summed E-state index contributed by atoms with van der Waals surface area (Å²) in [6, 6.07) is 13.2. The van der Waals surface area contributed by atoms with Crippen LogP contribution in [0.4, 0.5) is 0 Å². The van der Waals surface area contributed by atoms with Crippen LogP contribution in [-0.4, -0.2) is 106 Å². The Morgan fingerprint density at radius 3 is 2.60 bits per heavy atom. The van der Waals surface area contributed by atoms with Crippen LogP contribution in [0.1, 0.15) is 152 Å². The summed E-state index contributed by atoms with van der Waals surface area (Å²) in [6.07, 6.45) is 32.3. The molecule has 17 aliphatic rings. The van der Waals surface area contributed by atoms with Gasteiger partial charge in [-0.15, -0.1) is 0 Å². The first-order valence-electron chi connectivity index (χ1n) is 35.3. The van der Waals surface area contributed by atoms with Crippen LogP contribution in [-0.2, 0) is 46.2 Å². The van der Waals surface area contributed by atoms with Gasteiger partial charge < -0.3 is 43.6 Å². The largest absolute Gasteiger partial charge is 0.469 e. The quantitative estimate of drug-likeness (QED) is 0.106. The second-order valence-electron chi connectivity index (χ2n) is 33.0. The molecule has 13 fully saturated rings. The van der Waals surface area contributed by atoms with Crippen LogP contribution in [0.2, 0.25) is 0 Å². The third-order valence-corrected chi connectivity index (χ3v) is 30.6. The fraction of sp³-hybridized carbons (Fsp3) is 0.720. The molecule has 6 spiro atoms. The van der Waals surface area contributed by atoms with Crippen molar-refractivity contribution in [3.63, 3.8) is 0 Å². The molecule has 7 aliphatic heterocycles. The number of aliphatic hydroxyl groups excluding tert-OH is 3. The van der Waals surface area contributed by atoms with Gasteiger partial charge in [0.1, 0.15) is 35.8 Å². The van der Waals surface area contributed by atoms with Crippen LogP contribution in [0, 0.1) is 116 Å². The first kappa shape index (κ1) is 55.3. The molecule has 0 unspecified atom stereocenters. The summed E-state index contributed by atoms with van der Waals surface area (Å²) in [7, 11) is 0. The molecule has 5 saturated heterocycles. The van der Waals surface area contributed by atoms with Gasteiger partial charge >= 0.3 is 11.9 Å². The highest BCUT2D eigenvalue weighted by Crippen LogP contribution is 2.91. The SMILES string of the molecule is C[C@@H]1[C@H]2CCCC[C@H]2C=C[C@@]12C=CC[C@]13O[C@]45C(=C[C@@H]21)C[C@@H]1CCC[C@]12C[C@@H]1C[C@@]6(C)[C@H](c7ccoc7C[C@@H]([C@H]7CC[C@H]8[C@H](C=CN9CNC[C@@H]89)C7)[C@H](O)CO)OC(=O)[C@H]7O[C@]76[C@]6([C@H]7CCC[C@@H](Cc8ccccc8)C7)[C@H](O)C(=O)[C@H]3[C@@]4(COC(=O)[C@@H]25)[C@@H]16. The van der Waals surface area contributed by atoms with Crippen molar-refractivity contribution < 1.29 is 53.1 Å². The maximum absolute atomic E-state index is 17.8. The van der Waals surface area contributed by atoms with Crippen molar-refractivity contribution in [2.45, 2.75) is 190 Å². The highest BCUT2D eigenvalue weighted by Gasteiger charge is 2.99. The maximum Gasteiger partial charge on any atom is 0.339 e. The van der Waals surface area contributed by atoms with Gasteiger partial charge in [-0.05, 0) is 190 Å². The molecule has 468 valence electrons. The number of allylic oxidation sites excluding steroid dienone is 4. The summed E-state index contributed by atoms with van der Waals surface area (Å²) in [5, 5.41) is 41.4. The highest BCUT2D eigenvalue weighted by molar-refractivity contribution is 5.94. The van der Waals surface area contributed by atoms with Crippen molar-refractivity contribution >= 4 is 17.7 Å². The number of esters is 2. The van der Waals surface area contributed by atoms with Crippen molar-refractivity contribution in [3.05, 3.63) is 108 Å². The van der Waals surface area contributed by atoms with Gasteiger partial charge in [0.2, 0.25) is 0 Å². The first-order valence-corrected chi connectivity index (χ1v) is 35.3. The molecule has 13 nitrogen and oxygen atoms in total. The maximum atomic E-state index is 17.8. The number of benzene rings is 1. The number of nitrogens with one attached hydrogen (secondary N) is 1. The van der Waals surface area contributed by atoms with E-state index in [4.69, 9.17) is 23.4 Å². The molecule has 5 bridgehead atoms. The van der Waals surface area contributed by atoms with Crippen LogP contribution in [0.15, 0.2) is 95.3 Å². The Labute approximate surface area is 518 Å². The fourth-order valence-corrected chi connectivity index (χ4v) is 28.0. The molecule has 19 rings (SSSR count). The number of Topliss-reactive ketones (excluding diaryl/α,β-unsaturated/α-hetero) is 1. The number of hydrogen-bond acceptors (Lipinski definition) is 13. The average molecular weight is 1200 g/mol. The molecule has 28 atom stereocenters. The lowest BCUT2D eigenvalue weighted by Crippen LogP contribution is -2.82. The van der Waals surface area contributed by atoms with Crippen molar-refractivity contribution in [2.75, 3.05) is 26.4 Å². The van der Waals surface area contributed by atoms with Gasteiger partial charge in [-0.3, -0.25) is 14.9 Å². The normalized spacial score (nSPS) is 53.0. The molecule has 13 heteroatoms. The van der Waals surface area contributed by atoms with E-state index < -0.39 is 92.0 Å². The molecule has 8 heterocycles. The molecular weight excluding hydrogens is 1100 g/mol. The summed E-state index contributed by atoms with van der Waals surface area (Å²) in [6.45, 7) is 6.26. The molecule has 4 N–H and O–H groups in total. The van der Waals surface area contributed by atoms with Gasteiger partial charge in [-0.1, -0.05) is 113 Å². The minimum absolute atomic E-state index is 0.0358. The zero-order valence-electron chi connectivity index (χ0n) is 51.7. The van der Waals surface area contributed by atoms with E-state index in [1.54, 1.807) is 6.26 Å². The lowest BCUT2D eigenvalue weighted by atomic mass is 9.29. The summed E-state index contributed by atoms with van der Waals surface area (Å²) >= 11 is 0. The molecule has 1 aromatic carbocycles. The number of ether oxygens (including phenoxy) is 4. The Bertz CT molecular complexity index is 3390. The Hall–Kier alpha value is -4.37. The van der Waals surface area contributed by atoms with Gasteiger partial charge in [-0.2, -0.15) is 0 Å². The number of hydrogen-bond donors (Lipinski definition) is 4. The molecule has 2 aromatic rings. The van der Waals surface area contributed by atoms with E-state index in [-0.39, 0.29) is 72.3 Å². The third-order valence-electron chi connectivity index (χ3n) is 30.6. The van der Waals surface area contributed by atoms with Gasteiger partial charge in [0.25, 0.3) is 0 Å². The van der Waals surface area contributed by atoms with Crippen LogP contribution in [0.3, 0.4) is 0 Å². The van der Waals surface area contributed by atoms with Gasteiger partial charge in [0.15, 0.2) is 11.9 Å². The van der Waals surface area contributed by atoms with Gasteiger partial charge in [-0.25, -0.2) is 4.79 Å². The summed E-state index contributed by atoms with van der Waals surface area (Å²) in [5.74, 6) is -0.257. The topological polar surface area (TPSA) is 181 Å². The molecule has 8 saturated carbocycles. The zero-order chi connectivity index (χ0) is 59.3. The monoisotopic (exact) mass is 1200 g/mol. The first-order chi connectivity index (χ1) is 42.7. The number of carbonyl (C=O) groups excluding carboxylic acids is 3. The number of aliphatic hydroxyl groups is 3. The van der Waals surface area contributed by atoms with Crippen molar-refractivity contribution in [1.29, 1.82) is 0 Å². The van der Waals surface area contributed by atoms with E-state index in [0.29, 0.717) is 54.7 Å². The Kier molecular flexibility index (Phi) is 11.7. The number of ketones is 1. The predicted octanol–water partition coefficient (Wildman–Crippen LogP) is 10.3. The number of cyclic esters (lactones) is 2. The molecule has 1 aromatic heterocycles. The van der Waals surface area contributed by atoms with Crippen LogP contribution in [0.5, 0.6) is 0 Å². The smallest absolute Gasteiger partial charge is 0.339 e. The summed E-state index contributed by atoms with van der Waals surface area (Å²) in [5.41, 5.74) is -4.71. The number of fused-ring (bicyclic) bond motifs is 5. The van der Waals surface area contributed by atoms with E-state index in [9.17, 15) is 15.3 Å². The molecule has 88 heavy (non-hydrogen) atoms. The van der Waals surface area contributed by atoms with Crippen molar-refractivity contribution in [2.24, 2.45) is 116 Å². The lowest BCUT2D eigenvalue weighted by Gasteiger charge is -2.73. The van der Waals surface area contributed by atoms with Crippen molar-refractivity contribution in [1.82, 2.24) is 10.2 Å². The molecule has 10 aliphatic carbocycles. The molecular formula is C75H92N2O11. The van der Waals surface area contributed by atoms with E-state index in [2.05, 4.69) is 97.1 Å². The van der Waals surface area contributed by atoms with Gasteiger partial charge in [0.05, 0.1) is 48.5 Å². The summed E-state index contributed by atoms with van der Waals surface area (Å²) in [4.78, 5) is 51.9. The zero-order valence-corrected chi connectivity index (χ0v) is 51.7. The standard InChI is InChI=1S/C75H92N2O11/c1-41-51-17-7-6-14-44(51)20-26-69(41)24-10-25-72-58(69)33-50-32-48-16-9-23-70(48)36-47-35-68(2)64(53-22-28-84-57(53)34-54(56(79)38-78)45-18-19-52-46(31-45)21-27-77-40-76-37-55(52)77)86-67(83)65-75(68,87-65)73(49-15-8-13-43(30-49)29-42-11-4-3-5-12-42)60(47)71(61(72)59(80)63(73)81)39-85-66(82)62(70)74(50,71)88-72/h3-5,10-12,20-22,24,26-28,33,41,43-49,51-52,54-56,58,60-65,76,78-79,81H,6-9,13-19,23,25,29-32,34-40H2,1-2H3/t41-,43+,44+,45+,46-,47+,48+,49+,51-,52+,54+,55+,56-,58+,60-,61+,62+,63-,64+,65-,68+,69+,70+,71-,72+,73+,74+,75-/m1/s1. The van der Waals surface area contributed by atoms with E-state index >= 15 is 14.4 Å². The highest BCUT2D eigenvalue weighted by atomic mass is 16.7. The second-order valence-corrected chi connectivity index (χ2v) is 33.0. The minimum Gasteiger partial charge on any atom is -0.469 e. The Morgan fingerprint density at radius 2 is 1.73 bits per heavy atom. The van der Waals surface area contributed by atoms with E-state index in [1.165, 1.54) is 36.8 Å². The molecule has 0 amide bonds. The van der Waals surface area contributed by atoms with Crippen LogP contribution in [0.25, 0.3) is 0 Å². The Morgan fingerprint density at radius 1 is 0.864 bits per heavy atom. The van der Waals surface area contributed by atoms with E-state index in [0.717, 1.165) is 102 Å². The number of nitrogens with zero attached hydrogens (tertiary/aromatic N) is 1. The predicted molar refractivity (Wildman–Crippen MR) is 324 cm³/mol. The lowest BCUT2D eigenvalue weighted by molar-refractivity contribution is -0.301. The second kappa shape index (κ2) is 18.7. The third kappa shape index (κ3) is 6.41. The number of carbonyl (C=O) groups is 3. The number of epoxide rings is 1. The minimum atomic E-state index is -1.52.